The Balaban J connectivity index is 1.84. The molecule has 0 saturated carbocycles. The summed E-state index contributed by atoms with van der Waals surface area (Å²) in [5.41, 5.74) is 0.821. The Morgan fingerprint density at radius 2 is 2.00 bits per heavy atom. The van der Waals surface area contributed by atoms with Crippen LogP contribution in [0.15, 0.2) is 30.3 Å². The molecule has 146 valence electrons. The molecule has 0 amide bonds. The molecular formula is C19H26N4O3S. The van der Waals surface area contributed by atoms with Gasteiger partial charge in [-0.25, -0.2) is 18.4 Å². The third-order valence-corrected chi connectivity index (χ3v) is 6.20. The summed E-state index contributed by atoms with van der Waals surface area (Å²) in [6, 6.07) is 9.47. The quantitative estimate of drug-likeness (QED) is 0.812. The topological polar surface area (TPSA) is 84.4 Å². The highest BCUT2D eigenvalue weighted by molar-refractivity contribution is 7.91. The average molecular weight is 391 g/mol. The molecule has 8 heteroatoms. The molecule has 1 aliphatic rings. The van der Waals surface area contributed by atoms with E-state index in [4.69, 9.17) is 4.74 Å². The van der Waals surface area contributed by atoms with Crippen molar-refractivity contribution in [3.63, 3.8) is 0 Å². The van der Waals surface area contributed by atoms with Crippen LogP contribution in [0.1, 0.15) is 26.1 Å². The highest BCUT2D eigenvalue weighted by atomic mass is 32.2. The average Bonchev–Trinajstić information content (AvgIpc) is 2.95. The Labute approximate surface area is 160 Å². The second-order valence-corrected chi connectivity index (χ2v) is 9.34. The fraction of sp³-hybridized carbons (Fsp3) is 0.474. The molecule has 0 spiro atoms. The molecular weight excluding hydrogens is 364 g/mol. The van der Waals surface area contributed by atoms with Gasteiger partial charge in [0.15, 0.2) is 9.84 Å². The van der Waals surface area contributed by atoms with Crippen LogP contribution in [0.5, 0.6) is 5.75 Å². The molecule has 1 N–H and O–H groups in total. The van der Waals surface area contributed by atoms with Gasteiger partial charge in [0.2, 0.25) is 0 Å². The number of nitrogens with zero attached hydrogens (tertiary/aromatic N) is 3. The van der Waals surface area contributed by atoms with Crippen LogP contribution in [0.25, 0.3) is 0 Å². The molecule has 7 nitrogen and oxygen atoms in total. The smallest absolute Gasteiger partial charge is 0.152 e. The van der Waals surface area contributed by atoms with Crippen molar-refractivity contribution in [3.8, 4) is 5.75 Å². The van der Waals surface area contributed by atoms with E-state index in [0.29, 0.717) is 23.9 Å². The molecule has 1 aliphatic heterocycles. The number of anilines is 3. The van der Waals surface area contributed by atoms with Crippen LogP contribution in [0.4, 0.5) is 17.3 Å². The lowest BCUT2D eigenvalue weighted by molar-refractivity contribution is 0.244. The number of ether oxygens (including phenoxy) is 1. The molecule has 0 bridgehead atoms. The molecule has 1 aromatic heterocycles. The number of aryl methyl sites for hydroxylation is 1. The molecule has 2 aromatic rings. The standard InChI is InChI=1S/C19H26N4O3S/c1-13(2)26-17-8-6-5-7-16(17)22-18-11-19(21-14(3)20-18)23(4)15-9-10-27(24,25)12-15/h5-8,11,13,15H,9-10,12H2,1-4H3,(H,20,21,22). The zero-order valence-corrected chi connectivity index (χ0v) is 17.0. The molecule has 1 unspecified atom stereocenters. The predicted octanol–water partition coefficient (Wildman–Crippen LogP) is 2.94. The SMILES string of the molecule is Cc1nc(Nc2ccccc2OC(C)C)cc(N(C)C2CCS(=O)(=O)C2)n1. The maximum Gasteiger partial charge on any atom is 0.152 e. The number of benzene rings is 1. The highest BCUT2D eigenvalue weighted by Gasteiger charge is 2.31. The van der Waals surface area contributed by atoms with Gasteiger partial charge in [0.05, 0.1) is 23.3 Å². The maximum absolute atomic E-state index is 11.8. The van der Waals surface area contributed by atoms with Crippen molar-refractivity contribution in [2.45, 2.75) is 39.3 Å². The van der Waals surface area contributed by atoms with Crippen molar-refractivity contribution in [2.75, 3.05) is 28.8 Å². The molecule has 0 aliphatic carbocycles. The van der Waals surface area contributed by atoms with Gasteiger partial charge in [-0.2, -0.15) is 0 Å². The van der Waals surface area contributed by atoms with Gasteiger partial charge in [0.1, 0.15) is 23.2 Å². The zero-order valence-electron chi connectivity index (χ0n) is 16.1. The Hall–Kier alpha value is -2.35. The van der Waals surface area contributed by atoms with Gasteiger partial charge < -0.3 is 15.0 Å². The number of para-hydroxylation sites is 2. The molecule has 1 fully saturated rings. The van der Waals surface area contributed by atoms with Gasteiger partial charge in [-0.15, -0.1) is 0 Å². The van der Waals surface area contributed by atoms with Crippen molar-refractivity contribution in [1.82, 2.24) is 9.97 Å². The predicted molar refractivity (Wildman–Crippen MR) is 108 cm³/mol. The van der Waals surface area contributed by atoms with E-state index in [1.165, 1.54) is 0 Å². The number of hydrogen-bond acceptors (Lipinski definition) is 7. The summed E-state index contributed by atoms with van der Waals surface area (Å²) in [4.78, 5) is 10.9. The number of rotatable bonds is 6. The first kappa shape index (κ1) is 19.4. The molecule has 3 rings (SSSR count). The van der Waals surface area contributed by atoms with E-state index in [1.807, 2.05) is 63.1 Å². The number of hydrogen-bond donors (Lipinski definition) is 1. The second-order valence-electron chi connectivity index (χ2n) is 7.11. The third-order valence-electron chi connectivity index (χ3n) is 4.45. The summed E-state index contributed by atoms with van der Waals surface area (Å²) in [5, 5.41) is 3.30. The van der Waals surface area contributed by atoms with E-state index in [9.17, 15) is 8.42 Å². The Morgan fingerprint density at radius 3 is 2.67 bits per heavy atom. The summed E-state index contributed by atoms with van der Waals surface area (Å²) in [6.45, 7) is 5.78. The minimum absolute atomic E-state index is 0.0612. The van der Waals surface area contributed by atoms with E-state index in [1.54, 1.807) is 0 Å². The molecule has 1 saturated heterocycles. The highest BCUT2D eigenvalue weighted by Crippen LogP contribution is 2.29. The summed E-state index contributed by atoms with van der Waals surface area (Å²) < 4.78 is 29.4. The lowest BCUT2D eigenvalue weighted by Gasteiger charge is -2.25. The van der Waals surface area contributed by atoms with Crippen molar-refractivity contribution >= 4 is 27.2 Å². The molecule has 2 heterocycles. The van der Waals surface area contributed by atoms with Gasteiger partial charge in [0, 0.05) is 19.2 Å². The first-order chi connectivity index (χ1) is 12.7. The van der Waals surface area contributed by atoms with Crippen molar-refractivity contribution in [1.29, 1.82) is 0 Å². The Bertz CT molecular complexity index is 915. The van der Waals surface area contributed by atoms with Crippen LogP contribution in [0.2, 0.25) is 0 Å². The van der Waals surface area contributed by atoms with E-state index in [2.05, 4.69) is 15.3 Å². The third kappa shape index (κ3) is 4.88. The van der Waals surface area contributed by atoms with Crippen LogP contribution < -0.4 is 15.0 Å². The Kier molecular flexibility index (Phi) is 5.55. The first-order valence-electron chi connectivity index (χ1n) is 9.05. The normalized spacial score (nSPS) is 18.5. The van der Waals surface area contributed by atoms with Crippen molar-refractivity contribution in [3.05, 3.63) is 36.2 Å². The van der Waals surface area contributed by atoms with Gasteiger partial charge in [-0.05, 0) is 39.3 Å². The lowest BCUT2D eigenvalue weighted by Crippen LogP contribution is -2.33. The molecule has 27 heavy (non-hydrogen) atoms. The molecule has 1 atom stereocenters. The summed E-state index contributed by atoms with van der Waals surface area (Å²) in [5.74, 6) is 3.11. The van der Waals surface area contributed by atoms with Crippen LogP contribution in [0.3, 0.4) is 0 Å². The number of nitrogens with one attached hydrogen (secondary N) is 1. The van der Waals surface area contributed by atoms with Crippen LogP contribution in [-0.4, -0.2) is 49.1 Å². The fourth-order valence-corrected chi connectivity index (χ4v) is 4.90. The van der Waals surface area contributed by atoms with Crippen molar-refractivity contribution in [2.24, 2.45) is 0 Å². The molecule has 0 radical (unpaired) electrons. The number of sulfone groups is 1. The van der Waals surface area contributed by atoms with Crippen molar-refractivity contribution < 1.29 is 13.2 Å². The summed E-state index contributed by atoms with van der Waals surface area (Å²) >= 11 is 0. The van der Waals surface area contributed by atoms with Gasteiger partial charge >= 0.3 is 0 Å². The van der Waals surface area contributed by atoms with Crippen LogP contribution >= 0.6 is 0 Å². The minimum Gasteiger partial charge on any atom is -0.489 e. The largest absolute Gasteiger partial charge is 0.489 e. The van der Waals surface area contributed by atoms with Crippen LogP contribution in [0, 0.1) is 6.92 Å². The Morgan fingerprint density at radius 1 is 1.26 bits per heavy atom. The van der Waals surface area contributed by atoms with E-state index in [0.717, 1.165) is 11.4 Å². The van der Waals surface area contributed by atoms with Gasteiger partial charge in [-0.3, -0.25) is 0 Å². The van der Waals surface area contributed by atoms with E-state index >= 15 is 0 Å². The summed E-state index contributed by atoms with van der Waals surface area (Å²) in [6.07, 6.45) is 0.682. The summed E-state index contributed by atoms with van der Waals surface area (Å²) in [7, 11) is -1.07. The fourth-order valence-electron chi connectivity index (χ4n) is 3.13. The number of aromatic nitrogens is 2. The first-order valence-corrected chi connectivity index (χ1v) is 10.9. The second kappa shape index (κ2) is 7.72. The van der Waals surface area contributed by atoms with Gasteiger partial charge in [-0.1, -0.05) is 12.1 Å². The zero-order chi connectivity index (χ0) is 19.6. The monoisotopic (exact) mass is 390 g/mol. The van der Waals surface area contributed by atoms with E-state index in [-0.39, 0.29) is 23.7 Å². The molecule has 1 aromatic carbocycles. The van der Waals surface area contributed by atoms with E-state index < -0.39 is 9.84 Å². The lowest BCUT2D eigenvalue weighted by atomic mass is 10.2. The maximum atomic E-state index is 11.8. The minimum atomic E-state index is -2.95. The van der Waals surface area contributed by atoms with Crippen LogP contribution in [-0.2, 0) is 9.84 Å². The van der Waals surface area contributed by atoms with Gasteiger partial charge in [0.25, 0.3) is 0 Å².